The van der Waals surface area contributed by atoms with Crippen molar-refractivity contribution >= 4 is 23.2 Å². The van der Waals surface area contributed by atoms with Crippen LogP contribution in [-0.2, 0) is 16.1 Å². The highest BCUT2D eigenvalue weighted by Gasteiger charge is 2.43. The highest BCUT2D eigenvalue weighted by molar-refractivity contribution is 7.07. The van der Waals surface area contributed by atoms with E-state index < -0.39 is 0 Å². The fourth-order valence-corrected chi connectivity index (χ4v) is 3.78. The van der Waals surface area contributed by atoms with Gasteiger partial charge in [0.05, 0.1) is 12.0 Å². The smallest absolute Gasteiger partial charge is 0.228 e. The van der Waals surface area contributed by atoms with Crippen molar-refractivity contribution in [2.75, 3.05) is 14.1 Å². The Labute approximate surface area is 139 Å². The molecule has 6 heteroatoms. The first kappa shape index (κ1) is 15.7. The Morgan fingerprint density at radius 2 is 2.30 bits per heavy atom. The molecule has 2 aromatic heterocycles. The normalized spacial score (nSPS) is 20.8. The molecule has 0 aliphatic carbocycles. The van der Waals surface area contributed by atoms with Gasteiger partial charge in [0.15, 0.2) is 0 Å². The van der Waals surface area contributed by atoms with Crippen LogP contribution < -0.4 is 0 Å². The fraction of sp³-hybridized carbons (Fsp3) is 0.353. The van der Waals surface area contributed by atoms with Gasteiger partial charge in [0.25, 0.3) is 0 Å². The van der Waals surface area contributed by atoms with Crippen molar-refractivity contribution in [1.82, 2.24) is 14.8 Å². The molecule has 1 fully saturated rings. The topological polar surface area (TPSA) is 53.5 Å². The number of aromatic nitrogens is 1. The Bertz CT molecular complexity index is 687. The van der Waals surface area contributed by atoms with Crippen LogP contribution in [0.1, 0.15) is 23.6 Å². The van der Waals surface area contributed by atoms with E-state index in [1.54, 1.807) is 47.6 Å². The lowest BCUT2D eigenvalue weighted by molar-refractivity contribution is -0.135. The number of carbonyl (C=O) groups excluding carboxylic acids is 2. The number of thiophene rings is 1. The molecule has 0 bridgehead atoms. The maximum Gasteiger partial charge on any atom is 0.228 e. The first-order valence-electron chi connectivity index (χ1n) is 7.49. The molecule has 23 heavy (non-hydrogen) atoms. The highest BCUT2D eigenvalue weighted by Crippen LogP contribution is 2.37. The molecule has 0 unspecified atom stereocenters. The Morgan fingerprint density at radius 1 is 1.48 bits per heavy atom. The van der Waals surface area contributed by atoms with Gasteiger partial charge in [-0.2, -0.15) is 11.3 Å². The Kier molecular flexibility index (Phi) is 4.43. The van der Waals surface area contributed by atoms with Crippen LogP contribution in [0.3, 0.4) is 0 Å². The van der Waals surface area contributed by atoms with Gasteiger partial charge >= 0.3 is 0 Å². The van der Waals surface area contributed by atoms with Crippen LogP contribution in [0.2, 0.25) is 0 Å². The molecule has 0 aromatic carbocycles. The molecule has 3 heterocycles. The van der Waals surface area contributed by atoms with E-state index in [2.05, 4.69) is 4.98 Å². The number of hydrogen-bond acceptors (Lipinski definition) is 4. The lowest BCUT2D eigenvalue weighted by Gasteiger charge is -2.27. The van der Waals surface area contributed by atoms with Crippen molar-refractivity contribution in [1.29, 1.82) is 0 Å². The second-order valence-corrected chi connectivity index (χ2v) is 6.65. The van der Waals surface area contributed by atoms with Crippen LogP contribution in [0.15, 0.2) is 41.4 Å². The molecule has 5 nitrogen and oxygen atoms in total. The Balaban J connectivity index is 1.81. The average Bonchev–Trinajstić information content (AvgIpc) is 3.16. The molecular weight excluding hydrogens is 310 g/mol. The number of likely N-dealkylation sites (tertiary alicyclic amines) is 1. The standard InChI is InChI=1S/C17H19N3O2S/c1-19(10-12-5-7-23-11-12)17(22)14-8-15(21)20(2)16(14)13-4-3-6-18-9-13/h3-7,9,11,14,16H,8,10H2,1-2H3/t14-,16-/m0/s1. The van der Waals surface area contributed by atoms with E-state index in [1.807, 2.05) is 29.0 Å². The number of nitrogens with zero attached hydrogens (tertiary/aromatic N) is 3. The fourth-order valence-electron chi connectivity index (χ4n) is 3.12. The van der Waals surface area contributed by atoms with Crippen molar-refractivity contribution in [3.8, 4) is 0 Å². The lowest BCUT2D eigenvalue weighted by atomic mass is 9.93. The first-order valence-corrected chi connectivity index (χ1v) is 8.44. The maximum absolute atomic E-state index is 12.9. The molecule has 1 saturated heterocycles. The van der Waals surface area contributed by atoms with Crippen LogP contribution >= 0.6 is 11.3 Å². The van der Waals surface area contributed by atoms with Gasteiger partial charge in [-0.3, -0.25) is 14.6 Å². The zero-order valence-corrected chi connectivity index (χ0v) is 14.0. The summed E-state index contributed by atoms with van der Waals surface area (Å²) >= 11 is 1.62. The lowest BCUT2D eigenvalue weighted by Crippen LogP contribution is -2.35. The van der Waals surface area contributed by atoms with E-state index in [9.17, 15) is 9.59 Å². The van der Waals surface area contributed by atoms with Crippen LogP contribution in [-0.4, -0.2) is 40.7 Å². The van der Waals surface area contributed by atoms with Crippen LogP contribution in [0.25, 0.3) is 0 Å². The second-order valence-electron chi connectivity index (χ2n) is 5.87. The molecule has 1 aliphatic heterocycles. The van der Waals surface area contributed by atoms with Gasteiger partial charge in [0, 0.05) is 39.5 Å². The third kappa shape index (κ3) is 3.12. The van der Waals surface area contributed by atoms with E-state index in [1.165, 1.54) is 0 Å². The minimum atomic E-state index is -0.361. The minimum Gasteiger partial charge on any atom is -0.341 e. The first-order chi connectivity index (χ1) is 11.1. The molecule has 120 valence electrons. The van der Waals surface area contributed by atoms with Crippen LogP contribution in [0.5, 0.6) is 0 Å². The highest BCUT2D eigenvalue weighted by atomic mass is 32.1. The summed E-state index contributed by atoms with van der Waals surface area (Å²) in [6, 6.07) is 5.53. The third-order valence-electron chi connectivity index (χ3n) is 4.31. The number of amides is 2. The molecule has 0 spiro atoms. The van der Waals surface area contributed by atoms with Crippen molar-refractivity contribution in [3.05, 3.63) is 52.5 Å². The predicted molar refractivity (Wildman–Crippen MR) is 88.6 cm³/mol. The molecule has 0 saturated carbocycles. The number of pyridine rings is 1. The summed E-state index contributed by atoms with van der Waals surface area (Å²) < 4.78 is 0. The van der Waals surface area contributed by atoms with Crippen molar-refractivity contribution < 1.29 is 9.59 Å². The van der Waals surface area contributed by atoms with Crippen molar-refractivity contribution in [2.24, 2.45) is 5.92 Å². The SMILES string of the molecule is CN(Cc1ccsc1)C(=O)[C@H]1CC(=O)N(C)[C@H]1c1cccnc1. The van der Waals surface area contributed by atoms with E-state index >= 15 is 0 Å². The molecule has 2 atom stereocenters. The Morgan fingerprint density at radius 3 is 2.96 bits per heavy atom. The van der Waals surface area contributed by atoms with Gasteiger partial charge in [-0.25, -0.2) is 0 Å². The third-order valence-corrected chi connectivity index (χ3v) is 5.04. The average molecular weight is 329 g/mol. The summed E-state index contributed by atoms with van der Waals surface area (Å²) in [5.74, 6) is -0.357. The number of rotatable bonds is 4. The van der Waals surface area contributed by atoms with Gasteiger partial charge in [0.1, 0.15) is 0 Å². The molecule has 3 rings (SSSR count). The summed E-state index contributed by atoms with van der Waals surface area (Å²) in [5, 5.41) is 4.03. The molecular formula is C17H19N3O2S. The molecule has 2 amide bonds. The van der Waals surface area contributed by atoms with E-state index in [0.717, 1.165) is 11.1 Å². The predicted octanol–water partition coefficient (Wildman–Crippen LogP) is 2.32. The van der Waals surface area contributed by atoms with Crippen molar-refractivity contribution in [2.45, 2.75) is 19.0 Å². The molecule has 2 aromatic rings. The van der Waals surface area contributed by atoms with E-state index in [-0.39, 0.29) is 30.2 Å². The number of carbonyl (C=O) groups is 2. The molecule has 0 radical (unpaired) electrons. The van der Waals surface area contributed by atoms with Crippen LogP contribution in [0, 0.1) is 5.92 Å². The van der Waals surface area contributed by atoms with E-state index in [0.29, 0.717) is 6.54 Å². The summed E-state index contributed by atoms with van der Waals surface area (Å²) in [5.41, 5.74) is 2.02. The minimum absolute atomic E-state index is 0.00105. The van der Waals surface area contributed by atoms with Gasteiger partial charge in [-0.05, 0) is 34.0 Å². The quantitative estimate of drug-likeness (QED) is 0.865. The van der Waals surface area contributed by atoms with Gasteiger partial charge < -0.3 is 9.80 Å². The summed E-state index contributed by atoms with van der Waals surface area (Å²) in [7, 11) is 3.55. The van der Waals surface area contributed by atoms with E-state index in [4.69, 9.17) is 0 Å². The van der Waals surface area contributed by atoms with Gasteiger partial charge in [-0.1, -0.05) is 6.07 Å². The maximum atomic E-state index is 12.9. The zero-order chi connectivity index (χ0) is 16.4. The summed E-state index contributed by atoms with van der Waals surface area (Å²) in [4.78, 5) is 32.5. The monoisotopic (exact) mass is 329 g/mol. The van der Waals surface area contributed by atoms with Crippen LogP contribution in [0.4, 0.5) is 0 Å². The van der Waals surface area contributed by atoms with Crippen molar-refractivity contribution in [3.63, 3.8) is 0 Å². The van der Waals surface area contributed by atoms with Gasteiger partial charge in [0.2, 0.25) is 11.8 Å². The number of hydrogen-bond donors (Lipinski definition) is 0. The largest absolute Gasteiger partial charge is 0.341 e. The summed E-state index contributed by atoms with van der Waals surface area (Å²) in [6.07, 6.45) is 3.68. The zero-order valence-electron chi connectivity index (χ0n) is 13.2. The Hall–Kier alpha value is -2.21. The molecule has 1 aliphatic rings. The molecule has 0 N–H and O–H groups in total. The summed E-state index contributed by atoms with van der Waals surface area (Å²) in [6.45, 7) is 0.566. The van der Waals surface area contributed by atoms with Gasteiger partial charge in [-0.15, -0.1) is 0 Å². The second kappa shape index (κ2) is 6.50.